The summed E-state index contributed by atoms with van der Waals surface area (Å²) in [7, 11) is -0.117. The standard InChI is InChI=1S/C31H42F2N10O5S/c1-39(49(46,47)42-15-8-23(9-16-42)36-30-34-19-24(20-35-30)48-29(32)33)11-3-12-41-13-6-21(7-14-41)22-4-5-25-26(18-22)40(2)38-28(25)43-17-10-27(44)37-31(43)45/h4-5,18-21,23,29H,3,6-17H2,1-2H3,(H,34,35,36)(H,37,44,45). The Morgan fingerprint density at radius 3 is 2.45 bits per heavy atom. The van der Waals surface area contributed by atoms with Crippen LogP contribution in [0.25, 0.3) is 10.9 Å². The molecule has 0 spiro atoms. The average molecular weight is 705 g/mol. The second kappa shape index (κ2) is 14.9. The fraction of sp³-hybridized carbons (Fsp3) is 0.581. The van der Waals surface area contributed by atoms with E-state index in [2.05, 4.69) is 47.5 Å². The molecule has 1 aromatic carbocycles. The van der Waals surface area contributed by atoms with Gasteiger partial charge in [0.1, 0.15) is 0 Å². The Morgan fingerprint density at radius 1 is 1.06 bits per heavy atom. The molecule has 5 heterocycles. The first-order chi connectivity index (χ1) is 23.5. The van der Waals surface area contributed by atoms with Gasteiger partial charge in [-0.25, -0.2) is 14.8 Å². The quantitative estimate of drug-likeness (QED) is 0.287. The summed E-state index contributed by atoms with van der Waals surface area (Å²) in [4.78, 5) is 35.9. The number of amides is 3. The molecule has 0 bridgehead atoms. The Bertz CT molecular complexity index is 1740. The number of rotatable bonds is 12. The number of fused-ring (bicyclic) bond motifs is 1. The maximum absolute atomic E-state index is 13.3. The van der Waals surface area contributed by atoms with Crippen LogP contribution in [0.15, 0.2) is 30.6 Å². The lowest BCUT2D eigenvalue weighted by Gasteiger charge is -2.35. The molecule has 3 aromatic rings. The summed E-state index contributed by atoms with van der Waals surface area (Å²) in [5.41, 5.74) is 2.17. The lowest BCUT2D eigenvalue weighted by molar-refractivity contribution is -0.120. The van der Waals surface area contributed by atoms with Gasteiger partial charge in [0.25, 0.3) is 10.2 Å². The van der Waals surface area contributed by atoms with E-state index < -0.39 is 22.9 Å². The fourth-order valence-corrected chi connectivity index (χ4v) is 8.19. The van der Waals surface area contributed by atoms with Crippen LogP contribution in [-0.4, -0.2) is 119 Å². The Labute approximate surface area is 283 Å². The highest BCUT2D eigenvalue weighted by Gasteiger charge is 2.32. The minimum atomic E-state index is -3.60. The van der Waals surface area contributed by atoms with Gasteiger partial charge in [0.05, 0.1) is 17.9 Å². The van der Waals surface area contributed by atoms with Gasteiger partial charge in [-0.2, -0.15) is 30.9 Å². The number of hydrogen-bond acceptors (Lipinski definition) is 10. The first-order valence-electron chi connectivity index (χ1n) is 16.5. The van der Waals surface area contributed by atoms with E-state index in [1.165, 1.54) is 31.5 Å². The van der Waals surface area contributed by atoms with Gasteiger partial charge in [-0.1, -0.05) is 6.07 Å². The number of urea groups is 1. The number of hydrogen-bond donors (Lipinski definition) is 2. The molecule has 3 amide bonds. The SMILES string of the molecule is CN(CCCN1CCC(c2ccc3c(N4CCC(=O)NC4=O)nn(C)c3c2)CC1)S(=O)(=O)N1CCC(Nc2ncc(OC(F)F)cn2)CC1. The minimum absolute atomic E-state index is 0.0408. The van der Waals surface area contributed by atoms with Gasteiger partial charge >= 0.3 is 12.6 Å². The predicted octanol–water partition coefficient (Wildman–Crippen LogP) is 2.73. The number of carbonyl (C=O) groups excluding carboxylic acids is 2. The van der Waals surface area contributed by atoms with Crippen molar-refractivity contribution in [3.8, 4) is 5.75 Å². The summed E-state index contributed by atoms with van der Waals surface area (Å²) in [6, 6.07) is 5.79. The number of nitrogens with zero attached hydrogens (tertiary/aromatic N) is 8. The van der Waals surface area contributed by atoms with Crippen LogP contribution in [0.1, 0.15) is 50.0 Å². The number of alkyl halides is 2. The van der Waals surface area contributed by atoms with Crippen molar-refractivity contribution in [3.05, 3.63) is 36.2 Å². The molecule has 3 aliphatic heterocycles. The first kappa shape index (κ1) is 34.8. The molecule has 0 atom stereocenters. The highest BCUT2D eigenvalue weighted by molar-refractivity contribution is 7.86. The number of ether oxygens (including phenoxy) is 1. The van der Waals surface area contributed by atoms with E-state index in [0.717, 1.165) is 49.8 Å². The first-order valence-corrected chi connectivity index (χ1v) is 17.9. The van der Waals surface area contributed by atoms with Crippen molar-refractivity contribution in [1.29, 1.82) is 0 Å². The molecule has 15 nitrogen and oxygen atoms in total. The molecule has 49 heavy (non-hydrogen) atoms. The lowest BCUT2D eigenvalue weighted by atomic mass is 9.89. The van der Waals surface area contributed by atoms with E-state index in [1.807, 2.05) is 13.1 Å². The van der Waals surface area contributed by atoms with E-state index in [4.69, 9.17) is 0 Å². The van der Waals surface area contributed by atoms with Gasteiger partial charge in [-0.05, 0) is 75.4 Å². The number of likely N-dealkylation sites (tertiary alicyclic amines) is 1. The monoisotopic (exact) mass is 704 g/mol. The van der Waals surface area contributed by atoms with Crippen LogP contribution in [-0.2, 0) is 22.1 Å². The van der Waals surface area contributed by atoms with Gasteiger partial charge in [0.15, 0.2) is 11.6 Å². The normalized spacial score (nSPS) is 19.3. The van der Waals surface area contributed by atoms with Crippen molar-refractivity contribution in [2.75, 3.05) is 63.1 Å². The third-order valence-electron chi connectivity index (χ3n) is 9.53. The van der Waals surface area contributed by atoms with Crippen molar-refractivity contribution in [2.24, 2.45) is 7.05 Å². The van der Waals surface area contributed by atoms with Crippen LogP contribution in [0.5, 0.6) is 5.75 Å². The number of halogens is 2. The van der Waals surface area contributed by atoms with Crippen molar-refractivity contribution in [3.63, 3.8) is 0 Å². The van der Waals surface area contributed by atoms with Crippen LogP contribution < -0.4 is 20.3 Å². The Morgan fingerprint density at radius 2 is 1.78 bits per heavy atom. The molecule has 18 heteroatoms. The number of aryl methyl sites for hydroxylation is 1. The van der Waals surface area contributed by atoms with E-state index in [1.54, 1.807) is 11.7 Å². The fourth-order valence-electron chi connectivity index (χ4n) is 6.76. The zero-order chi connectivity index (χ0) is 34.7. The molecule has 0 aliphatic carbocycles. The van der Waals surface area contributed by atoms with Gasteiger partial charge in [-0.3, -0.25) is 19.7 Å². The third kappa shape index (κ3) is 8.08. The number of anilines is 2. The number of benzene rings is 1. The van der Waals surface area contributed by atoms with Crippen LogP contribution in [0.3, 0.4) is 0 Å². The van der Waals surface area contributed by atoms with E-state index in [9.17, 15) is 26.8 Å². The molecule has 3 saturated heterocycles. The average Bonchev–Trinajstić information content (AvgIpc) is 3.41. The number of nitrogens with one attached hydrogen (secondary N) is 2. The van der Waals surface area contributed by atoms with Gasteiger partial charge in [-0.15, -0.1) is 0 Å². The summed E-state index contributed by atoms with van der Waals surface area (Å²) < 4.78 is 60.2. The van der Waals surface area contributed by atoms with E-state index >= 15 is 0 Å². The zero-order valence-corrected chi connectivity index (χ0v) is 28.4. The van der Waals surface area contributed by atoms with Gasteiger partial charge in [0, 0.05) is 58.1 Å². The summed E-state index contributed by atoms with van der Waals surface area (Å²) in [5.74, 6) is 0.813. The Balaban J connectivity index is 0.931. The molecular formula is C31H42F2N10O5S. The molecule has 3 aliphatic rings. The van der Waals surface area contributed by atoms with Gasteiger partial charge < -0.3 is 15.0 Å². The zero-order valence-electron chi connectivity index (χ0n) is 27.6. The van der Waals surface area contributed by atoms with Crippen LogP contribution in [0, 0.1) is 0 Å². The summed E-state index contributed by atoms with van der Waals surface area (Å²) in [6.45, 7) is 1.13. The van der Waals surface area contributed by atoms with Crippen LogP contribution in [0.2, 0.25) is 0 Å². The van der Waals surface area contributed by atoms with E-state index in [0.29, 0.717) is 50.8 Å². The van der Waals surface area contributed by atoms with Gasteiger partial charge in [0.2, 0.25) is 11.9 Å². The second-order valence-electron chi connectivity index (χ2n) is 12.7. The molecule has 266 valence electrons. The highest BCUT2D eigenvalue weighted by Crippen LogP contribution is 2.33. The molecule has 0 unspecified atom stereocenters. The number of carbonyl (C=O) groups is 2. The molecule has 0 saturated carbocycles. The molecule has 0 radical (unpaired) electrons. The summed E-state index contributed by atoms with van der Waals surface area (Å²) in [6.07, 6.45) is 6.41. The van der Waals surface area contributed by atoms with Crippen molar-refractivity contribution < 1.29 is 31.5 Å². The maximum atomic E-state index is 13.3. The smallest absolute Gasteiger partial charge is 0.387 e. The van der Waals surface area contributed by atoms with Crippen molar-refractivity contribution in [2.45, 2.75) is 57.1 Å². The number of aromatic nitrogens is 4. The Kier molecular flexibility index (Phi) is 10.6. The lowest BCUT2D eigenvalue weighted by Crippen LogP contribution is -2.49. The number of imide groups is 1. The maximum Gasteiger partial charge on any atom is 0.387 e. The molecule has 3 fully saturated rings. The van der Waals surface area contributed by atoms with E-state index in [-0.39, 0.29) is 30.1 Å². The molecule has 6 rings (SSSR count). The Hall–Kier alpha value is -4.00. The topological polar surface area (TPSA) is 158 Å². The molecule has 2 N–H and O–H groups in total. The largest absolute Gasteiger partial charge is 0.432 e. The molecular weight excluding hydrogens is 662 g/mol. The second-order valence-corrected chi connectivity index (χ2v) is 14.8. The predicted molar refractivity (Wildman–Crippen MR) is 178 cm³/mol. The number of piperidine rings is 2. The molecule has 2 aromatic heterocycles. The summed E-state index contributed by atoms with van der Waals surface area (Å²) >= 11 is 0. The summed E-state index contributed by atoms with van der Waals surface area (Å²) in [5, 5.41) is 11.0. The van der Waals surface area contributed by atoms with Crippen molar-refractivity contribution >= 4 is 44.8 Å². The minimum Gasteiger partial charge on any atom is -0.432 e. The van der Waals surface area contributed by atoms with Crippen LogP contribution in [0.4, 0.5) is 25.3 Å². The highest BCUT2D eigenvalue weighted by atomic mass is 32.2. The van der Waals surface area contributed by atoms with Crippen molar-refractivity contribution in [1.82, 2.24) is 38.6 Å². The van der Waals surface area contributed by atoms with Crippen LogP contribution >= 0.6 is 0 Å². The third-order valence-corrected chi connectivity index (χ3v) is 11.5.